The molecule has 0 unspecified atom stereocenters. The molecule has 0 spiro atoms. The maximum Gasteiger partial charge on any atom is 0.417 e. The molecule has 104 valence electrons. The van der Waals surface area contributed by atoms with E-state index in [2.05, 4.69) is 4.98 Å². The minimum Gasteiger partial charge on any atom is -0.299 e. The van der Waals surface area contributed by atoms with Crippen molar-refractivity contribution in [1.29, 1.82) is 0 Å². The van der Waals surface area contributed by atoms with Crippen molar-refractivity contribution in [2.75, 3.05) is 0 Å². The van der Waals surface area contributed by atoms with Crippen molar-refractivity contribution in [1.82, 2.24) is 4.98 Å². The Balaban J connectivity index is 2.32. The fraction of sp³-hybridized carbons (Fsp3) is 0.538. The molecule has 0 saturated heterocycles. The van der Waals surface area contributed by atoms with Crippen molar-refractivity contribution in [2.45, 2.75) is 44.2 Å². The Bertz CT molecular complexity index is 487. The second-order valence-corrected chi connectivity index (χ2v) is 5.11. The Hall–Kier alpha value is -1.10. The summed E-state index contributed by atoms with van der Waals surface area (Å²) in [4.78, 5) is 15.7. The number of halogens is 4. The second-order valence-electron chi connectivity index (χ2n) is 4.71. The molecule has 0 aromatic carbocycles. The zero-order chi connectivity index (χ0) is 14.0. The van der Waals surface area contributed by atoms with Crippen molar-refractivity contribution in [3.05, 3.63) is 28.5 Å². The highest BCUT2D eigenvalue weighted by molar-refractivity contribution is 6.31. The zero-order valence-corrected chi connectivity index (χ0v) is 10.9. The first-order chi connectivity index (χ1) is 8.89. The van der Waals surface area contributed by atoms with E-state index in [0.29, 0.717) is 12.8 Å². The monoisotopic (exact) mass is 291 g/mol. The fourth-order valence-electron chi connectivity index (χ4n) is 2.31. The Morgan fingerprint density at radius 3 is 2.63 bits per heavy atom. The van der Waals surface area contributed by atoms with Crippen LogP contribution in [0.5, 0.6) is 0 Å². The lowest BCUT2D eigenvalue weighted by Gasteiger charge is -2.15. The molecule has 1 heterocycles. The minimum atomic E-state index is -4.47. The van der Waals surface area contributed by atoms with E-state index in [1.54, 1.807) is 0 Å². The molecule has 1 aromatic heterocycles. The van der Waals surface area contributed by atoms with Crippen molar-refractivity contribution >= 4 is 17.4 Å². The molecule has 1 atom stereocenters. The molecule has 19 heavy (non-hydrogen) atoms. The van der Waals surface area contributed by atoms with Gasteiger partial charge in [-0.2, -0.15) is 13.2 Å². The van der Waals surface area contributed by atoms with Gasteiger partial charge < -0.3 is 0 Å². The number of hydrogen-bond acceptors (Lipinski definition) is 2. The third kappa shape index (κ3) is 3.26. The fourth-order valence-corrected chi connectivity index (χ4v) is 2.61. The SMILES string of the molecule is O=C1CCCCC[C@@H]1c1ncc(C(F)(F)F)cc1Cl. The molecule has 0 amide bonds. The van der Waals surface area contributed by atoms with Gasteiger partial charge in [0.1, 0.15) is 5.78 Å². The van der Waals surface area contributed by atoms with Crippen LogP contribution in [-0.2, 0) is 11.0 Å². The average Bonchev–Trinajstić information content (AvgIpc) is 2.53. The van der Waals surface area contributed by atoms with Gasteiger partial charge in [0, 0.05) is 12.6 Å². The Morgan fingerprint density at radius 1 is 1.26 bits per heavy atom. The topological polar surface area (TPSA) is 30.0 Å². The maximum absolute atomic E-state index is 12.5. The molecular formula is C13H13ClF3NO. The third-order valence-electron chi connectivity index (χ3n) is 3.33. The summed E-state index contributed by atoms with van der Waals surface area (Å²) in [5.41, 5.74) is -0.608. The Morgan fingerprint density at radius 2 is 2.00 bits per heavy atom. The molecule has 0 radical (unpaired) electrons. The average molecular weight is 292 g/mol. The number of alkyl halides is 3. The maximum atomic E-state index is 12.5. The van der Waals surface area contributed by atoms with Gasteiger partial charge >= 0.3 is 6.18 Å². The smallest absolute Gasteiger partial charge is 0.299 e. The normalized spacial score (nSPS) is 21.3. The standard InChI is InChI=1S/C13H13ClF3NO/c14-10-6-8(13(15,16)17)7-18-12(10)9-4-2-1-3-5-11(9)19/h6-7,9H,1-5H2/t9-/m0/s1. The quantitative estimate of drug-likeness (QED) is 0.719. The van der Waals surface area contributed by atoms with Gasteiger partial charge in [-0.3, -0.25) is 9.78 Å². The van der Waals surface area contributed by atoms with Crippen LogP contribution in [0.25, 0.3) is 0 Å². The number of nitrogens with zero attached hydrogens (tertiary/aromatic N) is 1. The van der Waals surface area contributed by atoms with Crippen molar-refractivity contribution < 1.29 is 18.0 Å². The van der Waals surface area contributed by atoms with E-state index in [4.69, 9.17) is 11.6 Å². The van der Waals surface area contributed by atoms with Gasteiger partial charge in [0.25, 0.3) is 0 Å². The van der Waals surface area contributed by atoms with E-state index in [1.165, 1.54) is 0 Å². The first kappa shape index (κ1) is 14.3. The highest BCUT2D eigenvalue weighted by Crippen LogP contribution is 2.35. The van der Waals surface area contributed by atoms with Crippen LogP contribution < -0.4 is 0 Å². The summed E-state index contributed by atoms with van der Waals surface area (Å²) in [7, 11) is 0. The second kappa shape index (κ2) is 5.49. The number of Topliss-reactive ketones (excluding diaryl/α,β-unsaturated/α-hetero) is 1. The number of ketones is 1. The van der Waals surface area contributed by atoms with Crippen LogP contribution in [0.4, 0.5) is 13.2 Å². The Kier molecular flexibility index (Phi) is 4.13. The third-order valence-corrected chi connectivity index (χ3v) is 3.63. The van der Waals surface area contributed by atoms with E-state index in [0.717, 1.165) is 31.5 Å². The summed E-state index contributed by atoms with van der Waals surface area (Å²) in [6.07, 6.45) is -0.00779. The lowest BCUT2D eigenvalue weighted by atomic mass is 9.94. The molecular weight excluding hydrogens is 279 g/mol. The van der Waals surface area contributed by atoms with Crippen LogP contribution in [0, 0.1) is 0 Å². The number of hydrogen-bond donors (Lipinski definition) is 0. The molecule has 6 heteroatoms. The van der Waals surface area contributed by atoms with E-state index in [1.807, 2.05) is 0 Å². The molecule has 2 nitrogen and oxygen atoms in total. The number of aromatic nitrogens is 1. The molecule has 1 aromatic rings. The van der Waals surface area contributed by atoms with Gasteiger partial charge in [-0.15, -0.1) is 0 Å². The highest BCUT2D eigenvalue weighted by atomic mass is 35.5. The molecule has 1 aliphatic carbocycles. The van der Waals surface area contributed by atoms with Crippen LogP contribution in [0.15, 0.2) is 12.3 Å². The predicted molar refractivity (Wildman–Crippen MR) is 65.1 cm³/mol. The molecule has 2 rings (SSSR count). The summed E-state index contributed by atoms with van der Waals surface area (Å²) in [5.74, 6) is -0.441. The highest BCUT2D eigenvalue weighted by Gasteiger charge is 2.33. The summed E-state index contributed by atoms with van der Waals surface area (Å²) in [6, 6.07) is 0.849. The number of carbonyl (C=O) groups is 1. The summed E-state index contributed by atoms with van der Waals surface area (Å²) < 4.78 is 37.6. The van der Waals surface area contributed by atoms with Crippen LogP contribution in [-0.4, -0.2) is 10.8 Å². The first-order valence-corrected chi connectivity index (χ1v) is 6.53. The number of pyridine rings is 1. The molecule has 1 saturated carbocycles. The Labute approximate surface area is 114 Å². The van der Waals surface area contributed by atoms with Gasteiger partial charge in [0.2, 0.25) is 0 Å². The van der Waals surface area contributed by atoms with Gasteiger partial charge in [-0.25, -0.2) is 0 Å². The molecule has 0 N–H and O–H groups in total. The summed E-state index contributed by atoms with van der Waals surface area (Å²) in [6.45, 7) is 0. The van der Waals surface area contributed by atoms with E-state index < -0.39 is 17.7 Å². The summed E-state index contributed by atoms with van der Waals surface area (Å²) >= 11 is 5.87. The minimum absolute atomic E-state index is 0.0201. The predicted octanol–water partition coefficient (Wildman–Crippen LogP) is 4.37. The lowest BCUT2D eigenvalue weighted by Crippen LogP contribution is -2.14. The van der Waals surface area contributed by atoms with Crippen LogP contribution in [0.3, 0.4) is 0 Å². The number of carbonyl (C=O) groups excluding carboxylic acids is 1. The summed E-state index contributed by atoms with van der Waals surface area (Å²) in [5, 5.41) is -0.0740. The molecule has 1 aliphatic rings. The largest absolute Gasteiger partial charge is 0.417 e. The van der Waals surface area contributed by atoms with Gasteiger partial charge in [-0.1, -0.05) is 24.4 Å². The molecule has 0 aliphatic heterocycles. The number of rotatable bonds is 1. The van der Waals surface area contributed by atoms with E-state index in [9.17, 15) is 18.0 Å². The van der Waals surface area contributed by atoms with E-state index in [-0.39, 0.29) is 16.5 Å². The zero-order valence-electron chi connectivity index (χ0n) is 10.1. The van der Waals surface area contributed by atoms with Gasteiger partial charge in [-0.05, 0) is 18.9 Å². The van der Waals surface area contributed by atoms with Crippen LogP contribution in [0.2, 0.25) is 5.02 Å². The first-order valence-electron chi connectivity index (χ1n) is 6.15. The lowest BCUT2D eigenvalue weighted by molar-refractivity contribution is -0.137. The van der Waals surface area contributed by atoms with Crippen LogP contribution in [0.1, 0.15) is 49.3 Å². The molecule has 0 bridgehead atoms. The van der Waals surface area contributed by atoms with Crippen molar-refractivity contribution in [2.24, 2.45) is 0 Å². The molecule has 1 fully saturated rings. The van der Waals surface area contributed by atoms with E-state index >= 15 is 0 Å². The van der Waals surface area contributed by atoms with Crippen molar-refractivity contribution in [3.63, 3.8) is 0 Å². The van der Waals surface area contributed by atoms with Gasteiger partial charge in [0.05, 0.1) is 22.2 Å². The van der Waals surface area contributed by atoms with Crippen LogP contribution >= 0.6 is 11.6 Å². The van der Waals surface area contributed by atoms with Crippen molar-refractivity contribution in [3.8, 4) is 0 Å². The van der Waals surface area contributed by atoms with Gasteiger partial charge in [0.15, 0.2) is 0 Å².